The Morgan fingerprint density at radius 1 is 1.13 bits per heavy atom. The van der Waals surface area contributed by atoms with Gasteiger partial charge in [0.25, 0.3) is 0 Å². The molecule has 23 heavy (non-hydrogen) atoms. The highest BCUT2D eigenvalue weighted by Crippen LogP contribution is 2.33. The number of hydrazone groups is 1. The highest BCUT2D eigenvalue weighted by molar-refractivity contribution is 9.10. The molecule has 0 saturated carbocycles. The number of amidine groups is 1. The third kappa shape index (κ3) is 2.87. The van der Waals surface area contributed by atoms with E-state index in [0.29, 0.717) is 0 Å². The Labute approximate surface area is 141 Å². The third-order valence-corrected chi connectivity index (χ3v) is 4.12. The van der Waals surface area contributed by atoms with Crippen molar-refractivity contribution in [2.24, 2.45) is 10.8 Å². The second-order valence-corrected chi connectivity index (χ2v) is 5.79. The molecule has 0 spiro atoms. The quantitative estimate of drug-likeness (QED) is 0.283. The van der Waals surface area contributed by atoms with Crippen molar-refractivity contribution in [1.82, 2.24) is 0 Å². The zero-order valence-electron chi connectivity index (χ0n) is 12.0. The maximum atomic E-state index is 8.87. The van der Waals surface area contributed by atoms with E-state index in [9.17, 15) is 0 Å². The summed E-state index contributed by atoms with van der Waals surface area (Å²) in [6.07, 6.45) is 0. The smallest absolute Gasteiger partial charge is 0.201 e. The molecule has 0 saturated heterocycles. The minimum absolute atomic E-state index is 0.147. The molecule has 0 fully saturated rings. The van der Waals surface area contributed by atoms with Crippen LogP contribution in [0.4, 0.5) is 5.69 Å². The maximum absolute atomic E-state index is 8.87. The van der Waals surface area contributed by atoms with Crippen molar-refractivity contribution in [3.05, 3.63) is 53.0 Å². The number of hydrogen-bond donors (Lipinski definition) is 3. The maximum Gasteiger partial charge on any atom is 0.201 e. The average molecular weight is 366 g/mol. The van der Waals surface area contributed by atoms with Gasteiger partial charge in [-0.1, -0.05) is 46.3 Å². The fourth-order valence-corrected chi connectivity index (χ4v) is 2.98. The van der Waals surface area contributed by atoms with E-state index in [1.807, 2.05) is 30.3 Å². The highest BCUT2D eigenvalue weighted by atomic mass is 79.9. The van der Waals surface area contributed by atoms with E-state index in [1.54, 1.807) is 6.07 Å². The fraction of sp³-hybridized carbons (Fsp3) is 0. The number of anilines is 1. The molecule has 6 heteroatoms. The predicted octanol–water partition coefficient (Wildman–Crippen LogP) is 3.98. The Balaban J connectivity index is 2.12. The fourth-order valence-electron chi connectivity index (χ4n) is 2.39. The molecule has 0 bridgehead atoms. The highest BCUT2D eigenvalue weighted by Gasteiger charge is 2.06. The molecule has 0 unspecified atom stereocenters. The Morgan fingerprint density at radius 3 is 2.57 bits per heavy atom. The SMILES string of the molecule is N#C/C(=N\Nc1ccc2cc(Br)c3ccccc3c2c1)C(=N)N. The van der Waals surface area contributed by atoms with Crippen molar-refractivity contribution >= 4 is 54.7 Å². The normalized spacial score (nSPS) is 11.4. The summed E-state index contributed by atoms with van der Waals surface area (Å²) in [7, 11) is 0. The van der Waals surface area contributed by atoms with Gasteiger partial charge in [-0.3, -0.25) is 10.8 Å². The van der Waals surface area contributed by atoms with Crippen LogP contribution in [-0.2, 0) is 0 Å². The summed E-state index contributed by atoms with van der Waals surface area (Å²) < 4.78 is 1.04. The van der Waals surface area contributed by atoms with E-state index < -0.39 is 0 Å². The van der Waals surface area contributed by atoms with E-state index in [0.717, 1.165) is 31.7 Å². The molecule has 0 radical (unpaired) electrons. The molecule has 0 aliphatic heterocycles. The van der Waals surface area contributed by atoms with Gasteiger partial charge in [-0.2, -0.15) is 10.4 Å². The molecule has 4 N–H and O–H groups in total. The summed E-state index contributed by atoms with van der Waals surface area (Å²) in [6.45, 7) is 0. The minimum Gasteiger partial charge on any atom is -0.382 e. The van der Waals surface area contributed by atoms with Crippen LogP contribution in [0.15, 0.2) is 58.1 Å². The number of nitrogens with zero attached hydrogens (tertiary/aromatic N) is 2. The largest absolute Gasteiger partial charge is 0.382 e. The second kappa shape index (κ2) is 6.07. The molecule has 0 aromatic heterocycles. The van der Waals surface area contributed by atoms with E-state index in [2.05, 4.69) is 44.7 Å². The van der Waals surface area contributed by atoms with Gasteiger partial charge in [-0.05, 0) is 39.7 Å². The number of rotatable bonds is 3. The second-order valence-electron chi connectivity index (χ2n) is 4.94. The minimum atomic E-state index is -0.366. The van der Waals surface area contributed by atoms with Crippen LogP contribution < -0.4 is 11.2 Å². The van der Waals surface area contributed by atoms with E-state index >= 15 is 0 Å². The topological polar surface area (TPSA) is 98.0 Å². The first-order chi connectivity index (χ1) is 11.1. The van der Waals surface area contributed by atoms with Crippen molar-refractivity contribution in [3.63, 3.8) is 0 Å². The molecule has 3 rings (SSSR count). The van der Waals surface area contributed by atoms with Gasteiger partial charge in [0.05, 0.1) is 5.69 Å². The molecule has 0 aliphatic carbocycles. The lowest BCUT2D eigenvalue weighted by Gasteiger charge is -2.08. The van der Waals surface area contributed by atoms with Crippen molar-refractivity contribution < 1.29 is 0 Å². The lowest BCUT2D eigenvalue weighted by atomic mass is 10.0. The summed E-state index contributed by atoms with van der Waals surface area (Å²) in [5.41, 5.74) is 8.63. The molecule has 0 heterocycles. The average Bonchev–Trinajstić information content (AvgIpc) is 2.56. The molecular weight excluding hydrogens is 354 g/mol. The first-order valence-corrected chi connectivity index (χ1v) is 7.58. The van der Waals surface area contributed by atoms with Crippen LogP contribution in [0.5, 0.6) is 0 Å². The van der Waals surface area contributed by atoms with Crippen LogP contribution >= 0.6 is 15.9 Å². The first-order valence-electron chi connectivity index (χ1n) is 6.79. The van der Waals surface area contributed by atoms with Crippen molar-refractivity contribution in [2.75, 3.05) is 5.43 Å². The molecule has 0 amide bonds. The Bertz CT molecular complexity index is 1000. The van der Waals surface area contributed by atoms with Gasteiger partial charge in [0, 0.05) is 4.47 Å². The summed E-state index contributed by atoms with van der Waals surface area (Å²) in [4.78, 5) is 0. The summed E-state index contributed by atoms with van der Waals surface area (Å²) in [5, 5.41) is 24.4. The van der Waals surface area contributed by atoms with Crippen molar-refractivity contribution in [2.45, 2.75) is 0 Å². The summed E-state index contributed by atoms with van der Waals surface area (Å²) in [6, 6.07) is 17.8. The van der Waals surface area contributed by atoms with Crippen LogP contribution in [0.2, 0.25) is 0 Å². The third-order valence-electron chi connectivity index (χ3n) is 3.47. The van der Waals surface area contributed by atoms with Gasteiger partial charge < -0.3 is 5.73 Å². The van der Waals surface area contributed by atoms with Crippen LogP contribution in [0, 0.1) is 16.7 Å². The lowest BCUT2D eigenvalue weighted by Crippen LogP contribution is -2.21. The van der Waals surface area contributed by atoms with Gasteiger partial charge in [0.1, 0.15) is 6.07 Å². The monoisotopic (exact) mass is 365 g/mol. The standard InChI is InChI=1S/C17H12BrN5/c18-15-7-10-5-6-11(22-23-16(9-19)17(20)21)8-14(10)12-3-1-2-4-13(12)15/h1-8,22H,(H3,20,21)/b23-16+. The number of halogens is 1. The van der Waals surface area contributed by atoms with Crippen LogP contribution in [0.1, 0.15) is 0 Å². The number of nitrogens with one attached hydrogen (secondary N) is 2. The molecule has 0 atom stereocenters. The number of benzene rings is 3. The summed E-state index contributed by atoms with van der Waals surface area (Å²) in [5.74, 6) is -0.366. The van der Waals surface area contributed by atoms with Crippen molar-refractivity contribution in [1.29, 1.82) is 10.7 Å². The van der Waals surface area contributed by atoms with Gasteiger partial charge in [-0.15, -0.1) is 0 Å². The Hall–Kier alpha value is -2.91. The van der Waals surface area contributed by atoms with Crippen molar-refractivity contribution in [3.8, 4) is 6.07 Å². The zero-order chi connectivity index (χ0) is 16.4. The number of nitrogens with two attached hydrogens (primary N) is 1. The van der Waals surface area contributed by atoms with Gasteiger partial charge >= 0.3 is 0 Å². The van der Waals surface area contributed by atoms with E-state index in [-0.39, 0.29) is 11.5 Å². The van der Waals surface area contributed by atoms with Gasteiger partial charge in [-0.25, -0.2) is 0 Å². The van der Waals surface area contributed by atoms with E-state index in [1.165, 1.54) is 0 Å². The van der Waals surface area contributed by atoms with Gasteiger partial charge in [0.15, 0.2) is 5.84 Å². The summed E-state index contributed by atoms with van der Waals surface area (Å²) >= 11 is 3.60. The van der Waals surface area contributed by atoms with Crippen LogP contribution in [-0.4, -0.2) is 11.5 Å². The molecular formula is C17H12BrN5. The predicted molar refractivity (Wildman–Crippen MR) is 97.7 cm³/mol. The van der Waals surface area contributed by atoms with Gasteiger partial charge in [0.2, 0.25) is 5.71 Å². The van der Waals surface area contributed by atoms with Crippen LogP contribution in [0.3, 0.4) is 0 Å². The first kappa shape index (κ1) is 15.0. The zero-order valence-corrected chi connectivity index (χ0v) is 13.6. The Kier molecular flexibility index (Phi) is 3.96. The molecule has 112 valence electrons. The Morgan fingerprint density at radius 2 is 1.87 bits per heavy atom. The number of fused-ring (bicyclic) bond motifs is 3. The van der Waals surface area contributed by atoms with Crippen LogP contribution in [0.25, 0.3) is 21.5 Å². The molecule has 3 aromatic carbocycles. The molecule has 3 aromatic rings. The number of nitriles is 1. The number of hydrogen-bond acceptors (Lipinski definition) is 4. The molecule has 5 nitrogen and oxygen atoms in total. The lowest BCUT2D eigenvalue weighted by molar-refractivity contribution is 1.34. The molecule has 0 aliphatic rings. The van der Waals surface area contributed by atoms with E-state index in [4.69, 9.17) is 16.4 Å².